The summed E-state index contributed by atoms with van der Waals surface area (Å²) in [5.74, 6) is 2.12. The van der Waals surface area contributed by atoms with Crippen molar-refractivity contribution in [2.75, 3.05) is 51.7 Å². The van der Waals surface area contributed by atoms with Gasteiger partial charge in [0, 0.05) is 22.6 Å². The molecular weight excluding hydrogens is 204 g/mol. The number of aryl methyl sites for hydroxylation is 1. The van der Waals surface area contributed by atoms with Gasteiger partial charge in [0.05, 0.1) is 6.67 Å². The Bertz CT molecular complexity index is 355. The molecule has 0 bridgehead atoms. The molecule has 0 radical (unpaired) electrons. The van der Waals surface area contributed by atoms with E-state index in [4.69, 9.17) is 0 Å². The smallest absolute Gasteiger partial charge is 0.231 e. The van der Waals surface area contributed by atoms with E-state index in [0.717, 1.165) is 12.5 Å². The van der Waals surface area contributed by atoms with Gasteiger partial charge in [-0.05, 0) is 21.0 Å². The van der Waals surface area contributed by atoms with E-state index in [2.05, 4.69) is 19.9 Å². The molecule has 0 fully saturated rings. The molecule has 0 unspecified atom stereocenters. The largest absolute Gasteiger partial charge is 0.347 e. The third kappa shape index (κ3) is 3.30. The molecule has 0 spiro atoms. The zero-order valence-corrected chi connectivity index (χ0v) is 10.9. The highest BCUT2D eigenvalue weighted by molar-refractivity contribution is 5.37. The van der Waals surface area contributed by atoms with Crippen LogP contribution in [0.4, 0.5) is 11.9 Å². The molecule has 1 rings (SSSR count). The summed E-state index contributed by atoms with van der Waals surface area (Å²) in [5.41, 5.74) is 0. The lowest BCUT2D eigenvalue weighted by atomic mass is 10.6. The molecule has 0 aliphatic heterocycles. The van der Waals surface area contributed by atoms with Gasteiger partial charge in [-0.15, -0.1) is 0 Å². The first-order valence-corrected chi connectivity index (χ1v) is 5.16. The zero-order valence-electron chi connectivity index (χ0n) is 10.9. The van der Waals surface area contributed by atoms with Crippen LogP contribution in [-0.2, 0) is 0 Å². The third-order valence-electron chi connectivity index (χ3n) is 1.96. The Hall–Kier alpha value is -1.43. The SMILES string of the molecule is Cc1nc(N(C)C)nc(N(C)CN(C)C)n1.[2HH]. The Balaban J connectivity index is 0.00000256. The van der Waals surface area contributed by atoms with Gasteiger partial charge in [0.15, 0.2) is 0 Å². The van der Waals surface area contributed by atoms with Crippen LogP contribution >= 0.6 is 0 Å². The number of hydrogen-bond acceptors (Lipinski definition) is 6. The quantitative estimate of drug-likeness (QED) is 0.696. The standard InChI is InChI=1S/C10H20N6.H2/c1-8-11-9(15(4)5)13-10(12-8)16(6)7-14(2)3;/h7H2,1-6H3;1H/i;1+1. The summed E-state index contributed by atoms with van der Waals surface area (Å²) in [6, 6.07) is 0. The first-order valence-electron chi connectivity index (χ1n) is 5.16. The molecule has 92 valence electrons. The maximum absolute atomic E-state index is 4.39. The number of aromatic nitrogens is 3. The van der Waals surface area contributed by atoms with Crippen LogP contribution in [0.2, 0.25) is 0 Å². The number of nitrogens with zero attached hydrogens (tertiary/aromatic N) is 6. The summed E-state index contributed by atoms with van der Waals surface area (Å²) in [6.07, 6.45) is 0. The highest BCUT2D eigenvalue weighted by Crippen LogP contribution is 2.10. The molecule has 6 heteroatoms. The van der Waals surface area contributed by atoms with E-state index in [1.165, 1.54) is 0 Å². The van der Waals surface area contributed by atoms with Crippen LogP contribution in [0.3, 0.4) is 0 Å². The Kier molecular flexibility index (Phi) is 4.00. The van der Waals surface area contributed by atoms with Gasteiger partial charge in [0.2, 0.25) is 11.9 Å². The minimum Gasteiger partial charge on any atom is -0.347 e. The molecule has 6 nitrogen and oxygen atoms in total. The molecular formula is C10H22N6. The maximum Gasteiger partial charge on any atom is 0.231 e. The van der Waals surface area contributed by atoms with Crippen molar-refractivity contribution < 1.29 is 1.43 Å². The topological polar surface area (TPSA) is 48.4 Å². The van der Waals surface area contributed by atoms with Gasteiger partial charge in [-0.1, -0.05) is 0 Å². The van der Waals surface area contributed by atoms with Crippen LogP contribution in [0.15, 0.2) is 0 Å². The van der Waals surface area contributed by atoms with Gasteiger partial charge in [0.25, 0.3) is 0 Å². The number of hydrogen-bond donors (Lipinski definition) is 0. The fourth-order valence-corrected chi connectivity index (χ4v) is 1.31. The molecule has 0 saturated heterocycles. The lowest BCUT2D eigenvalue weighted by molar-refractivity contribution is 0.409. The predicted molar refractivity (Wildman–Crippen MR) is 68.0 cm³/mol. The molecule has 0 N–H and O–H groups in total. The monoisotopic (exact) mass is 227 g/mol. The van der Waals surface area contributed by atoms with Crippen molar-refractivity contribution in [3.8, 4) is 0 Å². The van der Waals surface area contributed by atoms with E-state index in [0.29, 0.717) is 11.9 Å². The molecule has 16 heavy (non-hydrogen) atoms. The predicted octanol–water partition coefficient (Wildman–Crippen LogP) is 0.447. The molecule has 0 aliphatic rings. The fraction of sp³-hybridized carbons (Fsp3) is 0.700. The Morgan fingerprint density at radius 2 is 1.50 bits per heavy atom. The van der Waals surface area contributed by atoms with E-state index >= 15 is 0 Å². The van der Waals surface area contributed by atoms with Crippen molar-refractivity contribution in [2.45, 2.75) is 6.92 Å². The summed E-state index contributed by atoms with van der Waals surface area (Å²) in [4.78, 5) is 18.9. The second kappa shape index (κ2) is 5.07. The average molecular weight is 227 g/mol. The second-order valence-electron chi connectivity index (χ2n) is 4.30. The van der Waals surface area contributed by atoms with Crippen molar-refractivity contribution in [1.82, 2.24) is 19.9 Å². The molecule has 0 aromatic carbocycles. The molecule has 0 aliphatic carbocycles. The first kappa shape index (κ1) is 12.6. The van der Waals surface area contributed by atoms with Gasteiger partial charge in [-0.3, -0.25) is 4.90 Å². The molecule has 1 aromatic heterocycles. The third-order valence-corrected chi connectivity index (χ3v) is 1.96. The summed E-state index contributed by atoms with van der Waals surface area (Å²) in [5, 5.41) is 0. The minimum absolute atomic E-state index is 0. The highest BCUT2D eigenvalue weighted by Gasteiger charge is 2.09. The van der Waals surface area contributed by atoms with Crippen molar-refractivity contribution >= 4 is 11.9 Å². The Morgan fingerprint density at radius 1 is 0.938 bits per heavy atom. The van der Waals surface area contributed by atoms with Gasteiger partial charge < -0.3 is 9.80 Å². The average Bonchev–Trinajstić information content (AvgIpc) is 2.15. The Labute approximate surface area is 98.4 Å². The summed E-state index contributed by atoms with van der Waals surface area (Å²) in [6.45, 7) is 2.65. The van der Waals surface area contributed by atoms with Crippen LogP contribution in [0.1, 0.15) is 7.25 Å². The molecule has 0 atom stereocenters. The van der Waals surface area contributed by atoms with Crippen LogP contribution in [0.5, 0.6) is 0 Å². The van der Waals surface area contributed by atoms with E-state index in [1.54, 1.807) is 0 Å². The maximum atomic E-state index is 4.39. The van der Waals surface area contributed by atoms with Crippen LogP contribution in [0, 0.1) is 6.92 Å². The van der Waals surface area contributed by atoms with E-state index in [1.807, 2.05) is 52.0 Å². The van der Waals surface area contributed by atoms with Gasteiger partial charge in [-0.25, -0.2) is 0 Å². The fourth-order valence-electron chi connectivity index (χ4n) is 1.31. The van der Waals surface area contributed by atoms with E-state index in [-0.39, 0.29) is 1.43 Å². The summed E-state index contributed by atoms with van der Waals surface area (Å²) >= 11 is 0. The van der Waals surface area contributed by atoms with Crippen molar-refractivity contribution in [3.63, 3.8) is 0 Å². The van der Waals surface area contributed by atoms with Gasteiger partial charge >= 0.3 is 0 Å². The Morgan fingerprint density at radius 3 is 2.00 bits per heavy atom. The minimum atomic E-state index is 0. The van der Waals surface area contributed by atoms with Crippen LogP contribution in [0.25, 0.3) is 0 Å². The van der Waals surface area contributed by atoms with Crippen LogP contribution in [-0.4, -0.2) is 61.8 Å². The lowest BCUT2D eigenvalue weighted by Gasteiger charge is -2.22. The van der Waals surface area contributed by atoms with Crippen molar-refractivity contribution in [2.24, 2.45) is 0 Å². The number of rotatable bonds is 4. The number of anilines is 2. The first-order chi connectivity index (χ1) is 7.40. The highest BCUT2D eigenvalue weighted by atomic mass is 15.4. The van der Waals surface area contributed by atoms with Crippen molar-refractivity contribution in [1.29, 1.82) is 0 Å². The van der Waals surface area contributed by atoms with Gasteiger partial charge in [-0.2, -0.15) is 15.0 Å². The van der Waals surface area contributed by atoms with Crippen molar-refractivity contribution in [3.05, 3.63) is 5.82 Å². The zero-order chi connectivity index (χ0) is 12.3. The second-order valence-corrected chi connectivity index (χ2v) is 4.30. The van der Waals surface area contributed by atoms with E-state index in [9.17, 15) is 0 Å². The molecule has 0 amide bonds. The summed E-state index contributed by atoms with van der Waals surface area (Å²) < 4.78 is 0. The van der Waals surface area contributed by atoms with Crippen LogP contribution < -0.4 is 9.80 Å². The molecule has 1 heterocycles. The lowest BCUT2D eigenvalue weighted by Crippen LogP contribution is -2.32. The molecule has 1 aromatic rings. The van der Waals surface area contributed by atoms with E-state index < -0.39 is 0 Å². The molecule has 0 saturated carbocycles. The van der Waals surface area contributed by atoms with Gasteiger partial charge in [0.1, 0.15) is 5.82 Å². The normalized spacial score (nSPS) is 10.7. The summed E-state index contributed by atoms with van der Waals surface area (Å²) in [7, 11) is 9.83.